The zero-order chi connectivity index (χ0) is 13.5. The van der Waals surface area contributed by atoms with Gasteiger partial charge in [-0.05, 0) is 12.1 Å². The van der Waals surface area contributed by atoms with Crippen LogP contribution in [0.2, 0.25) is 0 Å². The number of fused-ring (bicyclic) bond motifs is 2. The molecule has 2 aromatic rings. The first-order chi connectivity index (χ1) is 9.83. The van der Waals surface area contributed by atoms with Crippen molar-refractivity contribution in [3.8, 4) is 5.75 Å². The fourth-order valence-corrected chi connectivity index (χ4v) is 2.41. The molecule has 2 aliphatic heterocycles. The molecular formula is C13H11N5O2. The summed E-state index contributed by atoms with van der Waals surface area (Å²) >= 11 is 0. The highest BCUT2D eigenvalue weighted by atomic mass is 16.5. The molecule has 1 aromatic carbocycles. The maximum Gasteiger partial charge on any atom is 0.189 e. The molecule has 7 nitrogen and oxygen atoms in total. The van der Waals surface area contributed by atoms with Crippen molar-refractivity contribution >= 4 is 22.9 Å². The molecule has 0 saturated carbocycles. The average Bonchev–Trinajstić information content (AvgIpc) is 2.86. The van der Waals surface area contributed by atoms with E-state index in [0.29, 0.717) is 30.3 Å². The van der Waals surface area contributed by atoms with Crippen LogP contribution < -0.4 is 14.8 Å². The monoisotopic (exact) mass is 269 g/mol. The van der Waals surface area contributed by atoms with E-state index in [2.05, 4.69) is 15.3 Å². The first-order valence-corrected chi connectivity index (χ1v) is 6.28. The second-order valence-electron chi connectivity index (χ2n) is 4.53. The molecule has 20 heavy (non-hydrogen) atoms. The molecule has 1 N–H and O–H groups in total. The molecule has 1 atom stereocenters. The number of hydrogen-bond donors (Lipinski definition) is 1. The van der Waals surface area contributed by atoms with Crippen LogP contribution >= 0.6 is 0 Å². The zero-order valence-corrected chi connectivity index (χ0v) is 10.5. The molecule has 2 aliphatic rings. The number of hydrogen-bond acceptors (Lipinski definition) is 6. The molecule has 3 heterocycles. The lowest BCUT2D eigenvalue weighted by atomic mass is 10.2. The smallest absolute Gasteiger partial charge is 0.189 e. The van der Waals surface area contributed by atoms with E-state index in [1.807, 2.05) is 23.1 Å². The minimum atomic E-state index is -0.311. The average molecular weight is 269 g/mol. The van der Waals surface area contributed by atoms with Gasteiger partial charge in [-0.15, -0.1) is 0 Å². The Morgan fingerprint density at radius 2 is 2.25 bits per heavy atom. The summed E-state index contributed by atoms with van der Waals surface area (Å²) in [6.07, 6.45) is 1.74. The molecule has 4 rings (SSSR count). The van der Waals surface area contributed by atoms with Gasteiger partial charge < -0.3 is 14.8 Å². The van der Waals surface area contributed by atoms with Crippen LogP contribution in [0.25, 0.3) is 0 Å². The Bertz CT molecular complexity index is 689. The third-order valence-corrected chi connectivity index (χ3v) is 3.35. The van der Waals surface area contributed by atoms with Crippen LogP contribution in [0.5, 0.6) is 5.75 Å². The minimum Gasteiger partial charge on any atom is -0.600 e. The van der Waals surface area contributed by atoms with Crippen molar-refractivity contribution in [3.05, 3.63) is 41.7 Å². The van der Waals surface area contributed by atoms with Gasteiger partial charge in [0, 0.05) is 23.6 Å². The van der Waals surface area contributed by atoms with Crippen molar-refractivity contribution in [2.24, 2.45) is 10.3 Å². The minimum absolute atomic E-state index is 0.311. The van der Waals surface area contributed by atoms with Gasteiger partial charge in [-0.2, -0.15) is 5.17 Å². The summed E-state index contributed by atoms with van der Waals surface area (Å²) in [5.41, 5.74) is 1.90. The third-order valence-electron chi connectivity index (χ3n) is 3.35. The molecule has 1 unspecified atom stereocenters. The van der Waals surface area contributed by atoms with E-state index in [-0.39, 0.29) is 5.17 Å². The number of aromatic nitrogens is 1. The first kappa shape index (κ1) is 11.3. The molecule has 0 fully saturated rings. The summed E-state index contributed by atoms with van der Waals surface area (Å²) < 4.78 is 5.65. The van der Waals surface area contributed by atoms with Gasteiger partial charge in [-0.1, -0.05) is 11.2 Å². The fourth-order valence-electron chi connectivity index (χ4n) is 2.41. The summed E-state index contributed by atoms with van der Waals surface area (Å²) in [4.78, 5) is 6.38. The van der Waals surface area contributed by atoms with E-state index in [1.54, 1.807) is 18.3 Å². The van der Waals surface area contributed by atoms with Gasteiger partial charge in [0.1, 0.15) is 18.2 Å². The van der Waals surface area contributed by atoms with Crippen molar-refractivity contribution in [2.75, 3.05) is 18.1 Å². The maximum atomic E-state index is 11.7. The van der Waals surface area contributed by atoms with Gasteiger partial charge in [0.15, 0.2) is 11.4 Å². The van der Waals surface area contributed by atoms with Crippen molar-refractivity contribution in [3.63, 3.8) is 0 Å². The van der Waals surface area contributed by atoms with Crippen LogP contribution in [0, 0.1) is 5.21 Å². The fraction of sp³-hybridized carbons (Fsp3) is 0.154. The Kier molecular flexibility index (Phi) is 2.41. The molecule has 0 radical (unpaired) electrons. The molecule has 0 amide bonds. The van der Waals surface area contributed by atoms with Crippen molar-refractivity contribution < 1.29 is 9.91 Å². The van der Waals surface area contributed by atoms with Crippen molar-refractivity contribution in [2.45, 2.75) is 0 Å². The topological polar surface area (TPSA) is 77.6 Å². The molecule has 0 saturated heterocycles. The maximum absolute atomic E-state index is 11.7. The lowest BCUT2D eigenvalue weighted by molar-refractivity contribution is -0.784. The second-order valence-corrected chi connectivity index (χ2v) is 4.53. The molecule has 0 aliphatic carbocycles. The summed E-state index contributed by atoms with van der Waals surface area (Å²) in [6, 6.07) is 9.27. The van der Waals surface area contributed by atoms with Gasteiger partial charge in [-0.3, -0.25) is 0 Å². The van der Waals surface area contributed by atoms with Gasteiger partial charge in [-0.25, -0.2) is 4.98 Å². The summed E-state index contributed by atoms with van der Waals surface area (Å²) in [5, 5.41) is 18.8. The molecule has 1 aromatic heterocycles. The van der Waals surface area contributed by atoms with Crippen molar-refractivity contribution in [1.29, 1.82) is 0 Å². The van der Waals surface area contributed by atoms with E-state index in [0.717, 1.165) is 11.5 Å². The largest absolute Gasteiger partial charge is 0.600 e. The van der Waals surface area contributed by atoms with Crippen molar-refractivity contribution in [1.82, 2.24) is 4.98 Å². The standard InChI is InChI=1S/C13H11N5O2/c19-18-10-8-11-12(7-9(10)15-16-18)20-6-5-17(11)13-3-1-2-4-14-13/h1-4,7-8,18H,5-6H2. The number of anilines is 2. The highest BCUT2D eigenvalue weighted by molar-refractivity contribution is 5.77. The predicted molar refractivity (Wildman–Crippen MR) is 71.7 cm³/mol. The Morgan fingerprint density at radius 1 is 1.30 bits per heavy atom. The lowest BCUT2D eigenvalue weighted by Gasteiger charge is -2.30. The van der Waals surface area contributed by atoms with E-state index < -0.39 is 0 Å². The number of quaternary nitrogens is 1. The Balaban J connectivity index is 1.84. The second kappa shape index (κ2) is 4.26. The Morgan fingerprint density at radius 3 is 3.10 bits per heavy atom. The number of nitrogens with one attached hydrogen (secondary N) is 1. The summed E-state index contributed by atoms with van der Waals surface area (Å²) in [5.74, 6) is 1.53. The van der Waals surface area contributed by atoms with Crippen LogP contribution in [0.4, 0.5) is 22.9 Å². The quantitative estimate of drug-likeness (QED) is 0.798. The summed E-state index contributed by atoms with van der Waals surface area (Å²) in [6.45, 7) is 1.25. The molecular weight excluding hydrogens is 258 g/mol. The SMILES string of the molecule is [O-][NH+]1N=Nc2cc3c(cc21)N(c1ccccn1)CCO3. The number of pyridine rings is 1. The Hall–Kier alpha value is -2.51. The van der Waals surface area contributed by atoms with E-state index in [9.17, 15) is 5.21 Å². The summed E-state index contributed by atoms with van der Waals surface area (Å²) in [7, 11) is 0. The molecule has 100 valence electrons. The van der Waals surface area contributed by atoms with Gasteiger partial charge >= 0.3 is 0 Å². The van der Waals surface area contributed by atoms with Gasteiger partial charge in [0.2, 0.25) is 0 Å². The number of nitrogens with zero attached hydrogens (tertiary/aromatic N) is 4. The molecule has 0 bridgehead atoms. The highest BCUT2D eigenvalue weighted by Gasteiger charge is 2.27. The number of ether oxygens (including phenoxy) is 1. The highest BCUT2D eigenvalue weighted by Crippen LogP contribution is 2.42. The Labute approximate surface area is 114 Å². The lowest BCUT2D eigenvalue weighted by Crippen LogP contribution is -2.95. The van der Waals surface area contributed by atoms with E-state index in [4.69, 9.17) is 4.74 Å². The molecule has 7 heteroatoms. The van der Waals surface area contributed by atoms with Crippen LogP contribution in [-0.4, -0.2) is 18.1 Å². The van der Waals surface area contributed by atoms with Crippen LogP contribution in [0.15, 0.2) is 46.9 Å². The first-order valence-electron chi connectivity index (χ1n) is 6.28. The van der Waals surface area contributed by atoms with Gasteiger partial charge in [0.25, 0.3) is 0 Å². The number of benzene rings is 1. The van der Waals surface area contributed by atoms with Crippen LogP contribution in [0.1, 0.15) is 0 Å². The zero-order valence-electron chi connectivity index (χ0n) is 10.5. The van der Waals surface area contributed by atoms with E-state index >= 15 is 0 Å². The number of rotatable bonds is 1. The van der Waals surface area contributed by atoms with Crippen LogP contribution in [0.3, 0.4) is 0 Å². The third kappa shape index (κ3) is 1.64. The normalized spacial score (nSPS) is 19.4. The predicted octanol–water partition coefficient (Wildman–Crippen LogP) is 1.64. The van der Waals surface area contributed by atoms with Gasteiger partial charge in [0.05, 0.1) is 12.2 Å². The van der Waals surface area contributed by atoms with E-state index in [1.165, 1.54) is 0 Å². The molecule has 0 spiro atoms. The van der Waals surface area contributed by atoms with Crippen LogP contribution in [-0.2, 0) is 0 Å².